The van der Waals surface area contributed by atoms with Gasteiger partial charge in [-0.3, -0.25) is 0 Å². The van der Waals surface area contributed by atoms with Gasteiger partial charge in [-0.2, -0.15) is 5.53 Å². The van der Waals surface area contributed by atoms with Crippen LogP contribution in [-0.4, -0.2) is 12.1 Å². The second kappa shape index (κ2) is 2.34. The van der Waals surface area contributed by atoms with E-state index >= 15 is 0 Å². The zero-order valence-electron chi connectivity index (χ0n) is 5.98. The fourth-order valence-corrected chi connectivity index (χ4v) is 1.67. The molecule has 3 nitrogen and oxygen atoms in total. The molecule has 1 saturated heterocycles. The van der Waals surface area contributed by atoms with E-state index in [1.54, 1.807) is 0 Å². The Hall–Kier alpha value is -0.380. The second-order valence-electron chi connectivity index (χ2n) is 3.12. The molecule has 1 aliphatic heterocycles. The Bertz CT molecular complexity index is 155. The molecule has 2 atom stereocenters. The first-order valence-corrected chi connectivity index (χ1v) is 3.79. The molecule has 3 heteroatoms. The summed E-state index contributed by atoms with van der Waals surface area (Å²) >= 11 is 0. The maximum Gasteiger partial charge on any atom is 0.0430 e. The van der Waals surface area contributed by atoms with Gasteiger partial charge in [-0.05, 0) is 19.3 Å². The largest absolute Gasteiger partial charge is 0.239 e. The summed E-state index contributed by atoms with van der Waals surface area (Å²) in [6, 6.07) is 1.19. The van der Waals surface area contributed by atoms with Crippen LogP contribution in [-0.2, 0) is 0 Å². The van der Waals surface area contributed by atoms with Crippen LogP contribution in [0.5, 0.6) is 0 Å². The summed E-state index contributed by atoms with van der Waals surface area (Å²) in [5.41, 5.74) is 10.7. The number of rotatable bonds is 0. The number of nitrogens with one attached hydrogen (secondary N) is 3. The number of hydrogen-bond donors (Lipinski definition) is 3. The Balaban J connectivity index is 2.03. The first-order valence-electron chi connectivity index (χ1n) is 3.79. The normalized spacial score (nSPS) is 39.8. The topological polar surface area (TPSA) is 36.1 Å². The van der Waals surface area contributed by atoms with Crippen molar-refractivity contribution in [3.05, 3.63) is 12.2 Å². The average Bonchev–Trinajstić information content (AvgIpc) is 2.33. The molecule has 0 amide bonds. The van der Waals surface area contributed by atoms with E-state index in [4.69, 9.17) is 0 Å². The summed E-state index contributed by atoms with van der Waals surface area (Å²) in [5, 5.41) is 0. The maximum absolute atomic E-state index is 3.98. The van der Waals surface area contributed by atoms with Crippen molar-refractivity contribution in [1.29, 1.82) is 0 Å². The molecular formula is C7H13N3. The molecule has 10 heavy (non-hydrogen) atoms. The lowest BCUT2D eigenvalue weighted by Crippen LogP contribution is -2.36. The monoisotopic (exact) mass is 139 g/mol. The molecule has 3 N–H and O–H groups in total. The molecule has 2 aliphatic rings. The lowest BCUT2D eigenvalue weighted by atomic mass is 9.89. The van der Waals surface area contributed by atoms with E-state index < -0.39 is 0 Å². The standard InChI is InChI=1S/C7H13N3/c1-5-2-3-6-7(4-5)9-10-8-6/h6-10H,1-4H2. The first kappa shape index (κ1) is 6.34. The van der Waals surface area contributed by atoms with E-state index in [1.165, 1.54) is 18.4 Å². The molecule has 1 heterocycles. The van der Waals surface area contributed by atoms with Gasteiger partial charge in [0.15, 0.2) is 0 Å². The average molecular weight is 139 g/mol. The van der Waals surface area contributed by atoms with E-state index in [1.807, 2.05) is 0 Å². The van der Waals surface area contributed by atoms with Crippen LogP contribution in [0.25, 0.3) is 0 Å². The molecular weight excluding hydrogens is 126 g/mol. The van der Waals surface area contributed by atoms with Gasteiger partial charge in [0.2, 0.25) is 0 Å². The maximum atomic E-state index is 3.98. The number of fused-ring (bicyclic) bond motifs is 1. The fraction of sp³-hybridized carbons (Fsp3) is 0.714. The first-order chi connectivity index (χ1) is 4.86. The van der Waals surface area contributed by atoms with Crippen LogP contribution in [0.3, 0.4) is 0 Å². The predicted molar refractivity (Wildman–Crippen MR) is 40.0 cm³/mol. The van der Waals surface area contributed by atoms with Gasteiger partial charge in [0.05, 0.1) is 0 Å². The van der Waals surface area contributed by atoms with Crippen molar-refractivity contribution >= 4 is 0 Å². The molecule has 0 aromatic heterocycles. The zero-order valence-corrected chi connectivity index (χ0v) is 5.98. The van der Waals surface area contributed by atoms with E-state index in [9.17, 15) is 0 Å². The molecule has 0 aromatic rings. The van der Waals surface area contributed by atoms with Crippen molar-refractivity contribution in [1.82, 2.24) is 16.4 Å². The highest BCUT2D eigenvalue weighted by Crippen LogP contribution is 2.23. The van der Waals surface area contributed by atoms with E-state index in [0.29, 0.717) is 12.1 Å². The summed E-state index contributed by atoms with van der Waals surface area (Å²) < 4.78 is 0. The summed E-state index contributed by atoms with van der Waals surface area (Å²) in [4.78, 5) is 0. The zero-order chi connectivity index (χ0) is 6.97. The Kier molecular flexibility index (Phi) is 1.48. The highest BCUT2D eigenvalue weighted by Gasteiger charge is 2.29. The Morgan fingerprint density at radius 1 is 1.30 bits per heavy atom. The van der Waals surface area contributed by atoms with Crippen molar-refractivity contribution in [2.45, 2.75) is 31.3 Å². The van der Waals surface area contributed by atoms with Crippen LogP contribution in [0.15, 0.2) is 12.2 Å². The summed E-state index contributed by atoms with van der Waals surface area (Å²) in [5.74, 6) is 0. The Labute approximate surface area is 60.8 Å². The third-order valence-electron chi connectivity index (χ3n) is 2.32. The van der Waals surface area contributed by atoms with Gasteiger partial charge in [0, 0.05) is 12.1 Å². The number of hydrogen-bond acceptors (Lipinski definition) is 3. The highest BCUT2D eigenvalue weighted by molar-refractivity contribution is 5.07. The van der Waals surface area contributed by atoms with Gasteiger partial charge in [-0.1, -0.05) is 12.2 Å². The lowest BCUT2D eigenvalue weighted by Gasteiger charge is -2.24. The van der Waals surface area contributed by atoms with Crippen LogP contribution in [0.1, 0.15) is 19.3 Å². The van der Waals surface area contributed by atoms with Crippen LogP contribution in [0.2, 0.25) is 0 Å². The summed E-state index contributed by atoms with van der Waals surface area (Å²) in [6.45, 7) is 3.98. The fourth-order valence-electron chi connectivity index (χ4n) is 1.67. The van der Waals surface area contributed by atoms with Crippen molar-refractivity contribution in [2.75, 3.05) is 0 Å². The minimum absolute atomic E-state index is 0.571. The molecule has 2 fully saturated rings. The van der Waals surface area contributed by atoms with E-state index in [2.05, 4.69) is 23.0 Å². The Morgan fingerprint density at radius 2 is 2.10 bits per heavy atom. The predicted octanol–water partition coefficient (Wildman–Crippen LogP) is 0.0761. The molecule has 0 radical (unpaired) electrons. The smallest absolute Gasteiger partial charge is 0.0430 e. The number of hydrazine groups is 2. The van der Waals surface area contributed by atoms with Gasteiger partial charge in [-0.25, -0.2) is 10.9 Å². The quantitative estimate of drug-likeness (QED) is 0.416. The molecule has 2 rings (SSSR count). The minimum Gasteiger partial charge on any atom is -0.239 e. The molecule has 2 unspecified atom stereocenters. The third kappa shape index (κ3) is 0.963. The Morgan fingerprint density at radius 3 is 3.00 bits per heavy atom. The van der Waals surface area contributed by atoms with Crippen molar-refractivity contribution < 1.29 is 0 Å². The summed E-state index contributed by atoms with van der Waals surface area (Å²) in [6.07, 6.45) is 3.51. The van der Waals surface area contributed by atoms with E-state index in [0.717, 1.165) is 6.42 Å². The van der Waals surface area contributed by atoms with Gasteiger partial charge in [0.1, 0.15) is 0 Å². The molecule has 1 saturated carbocycles. The second-order valence-corrected chi connectivity index (χ2v) is 3.12. The van der Waals surface area contributed by atoms with Crippen LogP contribution >= 0.6 is 0 Å². The molecule has 1 aliphatic carbocycles. The molecule has 56 valence electrons. The van der Waals surface area contributed by atoms with Crippen LogP contribution < -0.4 is 16.4 Å². The SMILES string of the molecule is C=C1CCC2NNNC2C1. The van der Waals surface area contributed by atoms with Gasteiger partial charge in [-0.15, -0.1) is 0 Å². The molecule has 0 bridgehead atoms. The van der Waals surface area contributed by atoms with Gasteiger partial charge in [0.25, 0.3) is 0 Å². The van der Waals surface area contributed by atoms with Crippen molar-refractivity contribution in [3.63, 3.8) is 0 Å². The minimum atomic E-state index is 0.571. The van der Waals surface area contributed by atoms with Gasteiger partial charge < -0.3 is 0 Å². The van der Waals surface area contributed by atoms with Crippen molar-refractivity contribution in [2.24, 2.45) is 0 Å². The van der Waals surface area contributed by atoms with Crippen LogP contribution in [0.4, 0.5) is 0 Å². The lowest BCUT2D eigenvalue weighted by molar-refractivity contribution is 0.431. The molecule has 0 spiro atoms. The van der Waals surface area contributed by atoms with Crippen LogP contribution in [0, 0.1) is 0 Å². The highest BCUT2D eigenvalue weighted by atomic mass is 15.7. The van der Waals surface area contributed by atoms with Crippen molar-refractivity contribution in [3.8, 4) is 0 Å². The molecule has 0 aromatic carbocycles. The van der Waals surface area contributed by atoms with Gasteiger partial charge >= 0.3 is 0 Å². The van der Waals surface area contributed by atoms with E-state index in [-0.39, 0.29) is 0 Å². The third-order valence-corrected chi connectivity index (χ3v) is 2.32. The summed E-state index contributed by atoms with van der Waals surface area (Å²) in [7, 11) is 0.